The molecule has 148 valence electrons. The Kier molecular flexibility index (Phi) is 13.0. The average Bonchev–Trinajstić information content (AvgIpc) is 2.70. The number of hydrogen-bond donors (Lipinski definition) is 2. The number of benzene rings is 2. The maximum Gasteiger partial charge on any atom is 0.171 e. The number of carbonyl (C=O) groups excluding carboxylic acids is 2. The lowest BCUT2D eigenvalue weighted by Crippen LogP contribution is -2.16. The summed E-state index contributed by atoms with van der Waals surface area (Å²) in [5.41, 5.74) is 0.646. The van der Waals surface area contributed by atoms with E-state index in [2.05, 4.69) is 31.9 Å². The number of ether oxygens (including phenoxy) is 2. The largest absolute Gasteiger partial charge is 0.504 e. The molecule has 0 aromatic heterocycles. The molecular formula is C19H22Br2O6. The summed E-state index contributed by atoms with van der Waals surface area (Å²) in [4.78, 5) is 20.7. The van der Waals surface area contributed by atoms with Crippen LogP contribution in [0.5, 0.6) is 23.0 Å². The van der Waals surface area contributed by atoms with Crippen LogP contribution in [-0.2, 0) is 0 Å². The zero-order valence-electron chi connectivity index (χ0n) is 13.7. The number of aldehydes is 2. The summed E-state index contributed by atoms with van der Waals surface area (Å²) in [7, 11) is 0. The Balaban J connectivity index is 0.000000412. The topological polar surface area (TPSA) is 93.1 Å². The van der Waals surface area contributed by atoms with Gasteiger partial charge in [-0.2, -0.15) is 0 Å². The highest BCUT2D eigenvalue weighted by molar-refractivity contribution is 9.11. The van der Waals surface area contributed by atoms with E-state index < -0.39 is 0 Å². The van der Waals surface area contributed by atoms with Crippen LogP contribution in [0, 0.1) is 0 Å². The summed E-state index contributed by atoms with van der Waals surface area (Å²) in [6, 6.07) is 9.49. The third-order valence-electron chi connectivity index (χ3n) is 2.97. The molecule has 2 aromatic rings. The van der Waals surface area contributed by atoms with E-state index in [9.17, 15) is 9.59 Å². The minimum atomic E-state index is -0.363. The predicted molar refractivity (Wildman–Crippen MR) is 112 cm³/mol. The number of rotatable bonds is 3. The highest BCUT2D eigenvalue weighted by atomic mass is 79.9. The normalized spacial score (nSPS) is 10.7. The van der Waals surface area contributed by atoms with Crippen molar-refractivity contribution in [2.75, 3.05) is 23.9 Å². The first-order chi connectivity index (χ1) is 12.6. The molecule has 0 saturated carbocycles. The molecule has 6 nitrogen and oxygen atoms in total. The van der Waals surface area contributed by atoms with Gasteiger partial charge in [0.15, 0.2) is 35.6 Å². The fourth-order valence-corrected chi connectivity index (χ4v) is 1.83. The summed E-state index contributed by atoms with van der Waals surface area (Å²) in [6.45, 7) is 1.06. The number of hydrogen-bond acceptors (Lipinski definition) is 6. The Morgan fingerprint density at radius 3 is 2.00 bits per heavy atom. The molecule has 2 N–H and O–H groups in total. The van der Waals surface area contributed by atoms with Crippen molar-refractivity contribution in [1.29, 1.82) is 0 Å². The molecule has 1 aliphatic heterocycles. The molecule has 0 radical (unpaired) electrons. The summed E-state index contributed by atoms with van der Waals surface area (Å²) in [5.74, 6) is 0.590. The van der Waals surface area contributed by atoms with Gasteiger partial charge < -0.3 is 19.7 Å². The minimum Gasteiger partial charge on any atom is -0.504 e. The smallest absolute Gasteiger partial charge is 0.171 e. The fourth-order valence-electron chi connectivity index (χ4n) is 1.83. The summed E-state index contributed by atoms with van der Waals surface area (Å²) < 4.78 is 10.6. The van der Waals surface area contributed by atoms with E-state index in [-0.39, 0.29) is 24.5 Å². The number of aromatic hydroxyl groups is 2. The van der Waals surface area contributed by atoms with E-state index in [0.29, 0.717) is 36.6 Å². The molecule has 0 spiro atoms. The van der Waals surface area contributed by atoms with E-state index in [1.165, 1.54) is 18.2 Å². The summed E-state index contributed by atoms with van der Waals surface area (Å²) >= 11 is 6.40. The molecule has 1 aliphatic rings. The lowest BCUT2D eigenvalue weighted by molar-refractivity contribution is 0.110. The predicted octanol–water partition coefficient (Wildman–Crippen LogP) is 4.59. The molecule has 3 rings (SSSR count). The van der Waals surface area contributed by atoms with Gasteiger partial charge in [0.2, 0.25) is 0 Å². The third kappa shape index (κ3) is 8.01. The van der Waals surface area contributed by atoms with Crippen LogP contribution in [0.25, 0.3) is 0 Å². The molecule has 0 unspecified atom stereocenters. The van der Waals surface area contributed by atoms with Crippen molar-refractivity contribution in [1.82, 2.24) is 0 Å². The van der Waals surface area contributed by atoms with Gasteiger partial charge in [0.1, 0.15) is 13.2 Å². The molecule has 0 amide bonds. The van der Waals surface area contributed by atoms with Gasteiger partial charge in [-0.3, -0.25) is 9.59 Å². The second kappa shape index (κ2) is 14.1. The lowest BCUT2D eigenvalue weighted by atomic mass is 10.2. The average molecular weight is 506 g/mol. The number of fused-ring (bicyclic) bond motifs is 1. The van der Waals surface area contributed by atoms with Crippen LogP contribution in [0.15, 0.2) is 36.4 Å². The van der Waals surface area contributed by atoms with Crippen LogP contribution >= 0.6 is 31.9 Å². The van der Waals surface area contributed by atoms with Crippen molar-refractivity contribution in [2.45, 2.75) is 7.43 Å². The number of phenols is 2. The van der Waals surface area contributed by atoms with Gasteiger partial charge in [-0.1, -0.05) is 51.4 Å². The second-order valence-corrected chi connectivity index (χ2v) is 6.29. The molecule has 0 atom stereocenters. The molecule has 0 bridgehead atoms. The van der Waals surface area contributed by atoms with Crippen LogP contribution in [0.4, 0.5) is 0 Å². The fraction of sp³-hybridized carbons (Fsp3) is 0.263. The van der Waals surface area contributed by atoms with Gasteiger partial charge in [0.25, 0.3) is 0 Å². The Labute approximate surface area is 175 Å². The monoisotopic (exact) mass is 504 g/mol. The van der Waals surface area contributed by atoms with Crippen molar-refractivity contribution in [3.05, 3.63) is 47.5 Å². The molecular weight excluding hydrogens is 484 g/mol. The van der Waals surface area contributed by atoms with E-state index in [1.807, 2.05) is 0 Å². The van der Waals surface area contributed by atoms with E-state index >= 15 is 0 Å². The Hall–Kier alpha value is -2.06. The molecule has 0 saturated heterocycles. The van der Waals surface area contributed by atoms with E-state index in [0.717, 1.165) is 16.9 Å². The number of phenolic OH excluding ortho intramolecular Hbond substituents is 2. The molecule has 27 heavy (non-hydrogen) atoms. The van der Waals surface area contributed by atoms with Crippen molar-refractivity contribution in [3.8, 4) is 23.0 Å². The minimum absolute atomic E-state index is 0. The summed E-state index contributed by atoms with van der Waals surface area (Å²) in [5, 5.41) is 19.8. The number of carbonyl (C=O) groups is 2. The first-order valence-corrected chi connectivity index (χ1v) is 9.75. The standard InChI is InChI=1S/C9H8O3.C7H6O3.C2H4Br2.CH4/c10-6-7-2-1-3-8-9(7)12-5-4-11-8;8-4-5-2-1-3-6(9)7(5)10;3-1-2-4;/h1-3,6H,4-5H2;1-4,9-10H;1-2H2;1H4. The van der Waals surface area contributed by atoms with Gasteiger partial charge in [0, 0.05) is 10.7 Å². The van der Waals surface area contributed by atoms with Crippen molar-refractivity contribution >= 4 is 44.4 Å². The lowest BCUT2D eigenvalue weighted by Gasteiger charge is -2.18. The summed E-state index contributed by atoms with van der Waals surface area (Å²) in [6.07, 6.45) is 1.25. The Bertz CT molecular complexity index is 719. The molecule has 1 heterocycles. The highest BCUT2D eigenvalue weighted by Crippen LogP contribution is 2.32. The first-order valence-electron chi connectivity index (χ1n) is 7.50. The third-order valence-corrected chi connectivity index (χ3v) is 4.83. The van der Waals surface area contributed by atoms with E-state index in [1.54, 1.807) is 18.2 Å². The zero-order chi connectivity index (χ0) is 19.4. The Morgan fingerprint density at radius 2 is 1.44 bits per heavy atom. The quantitative estimate of drug-likeness (QED) is 0.360. The molecule has 0 aliphatic carbocycles. The van der Waals surface area contributed by atoms with Crippen LogP contribution in [0.1, 0.15) is 28.1 Å². The first kappa shape index (κ1) is 24.9. The Morgan fingerprint density at radius 1 is 0.889 bits per heavy atom. The molecule has 2 aromatic carbocycles. The van der Waals surface area contributed by atoms with Gasteiger partial charge in [-0.05, 0) is 24.3 Å². The van der Waals surface area contributed by atoms with Gasteiger partial charge in [0.05, 0.1) is 11.1 Å². The van der Waals surface area contributed by atoms with Crippen LogP contribution in [-0.4, -0.2) is 46.7 Å². The number of halogens is 2. The second-order valence-electron chi connectivity index (χ2n) is 4.70. The SMILES string of the molecule is BrCCBr.C.O=Cc1cccc(O)c1O.O=Cc1cccc2c1OCCO2. The highest BCUT2D eigenvalue weighted by Gasteiger charge is 2.14. The number of para-hydroxylation sites is 2. The maximum atomic E-state index is 10.5. The zero-order valence-corrected chi connectivity index (χ0v) is 16.9. The van der Waals surface area contributed by atoms with Crippen LogP contribution in [0.3, 0.4) is 0 Å². The van der Waals surface area contributed by atoms with Crippen molar-refractivity contribution in [2.24, 2.45) is 0 Å². The van der Waals surface area contributed by atoms with Crippen LogP contribution in [0.2, 0.25) is 0 Å². The number of alkyl halides is 2. The van der Waals surface area contributed by atoms with Crippen molar-refractivity contribution in [3.63, 3.8) is 0 Å². The van der Waals surface area contributed by atoms with Crippen molar-refractivity contribution < 1.29 is 29.3 Å². The maximum absolute atomic E-state index is 10.5. The van der Waals surface area contributed by atoms with E-state index in [4.69, 9.17) is 19.7 Å². The van der Waals surface area contributed by atoms with Gasteiger partial charge >= 0.3 is 0 Å². The van der Waals surface area contributed by atoms with Gasteiger partial charge in [-0.15, -0.1) is 0 Å². The van der Waals surface area contributed by atoms with Gasteiger partial charge in [-0.25, -0.2) is 0 Å². The van der Waals surface area contributed by atoms with Crippen LogP contribution < -0.4 is 9.47 Å². The molecule has 8 heteroatoms. The molecule has 0 fully saturated rings.